The van der Waals surface area contributed by atoms with Crippen LogP contribution in [0.4, 0.5) is 8.68 Å². The number of carbonyl (C=O) groups excluding carboxylic acids is 1. The van der Waals surface area contributed by atoms with Crippen LogP contribution in [0.25, 0.3) is 0 Å². The molecule has 0 bridgehead atoms. The summed E-state index contributed by atoms with van der Waals surface area (Å²) in [5.74, 6) is 0. The zero-order chi connectivity index (χ0) is 19.2. The first-order valence-electron chi connectivity index (χ1n) is 7.52. The van der Waals surface area contributed by atoms with Crippen molar-refractivity contribution >= 4 is 33.9 Å². The van der Waals surface area contributed by atoms with Crippen molar-refractivity contribution in [2.75, 3.05) is 6.61 Å². The van der Waals surface area contributed by atoms with Gasteiger partial charge in [-0.1, -0.05) is 58.0 Å². The zero-order valence-corrected chi connectivity index (χ0v) is 15.3. The largest absolute Gasteiger partial charge is 0.449 e. The molecule has 1 aromatic carbocycles. The van der Waals surface area contributed by atoms with Gasteiger partial charge in [0.25, 0.3) is 0 Å². The molecular formula is C16H16ClFN2O5S. The van der Waals surface area contributed by atoms with Crippen LogP contribution in [-0.2, 0) is 19.4 Å². The van der Waals surface area contributed by atoms with Crippen LogP contribution in [-0.4, -0.2) is 31.9 Å². The van der Waals surface area contributed by atoms with Crippen LogP contribution in [0.1, 0.15) is 18.9 Å². The Labute approximate surface area is 155 Å². The number of amides is 1. The molecule has 0 saturated carbocycles. The molecule has 140 valence electrons. The SMILES string of the molecule is CCOC(=O)NN=C(C1=CCC(Cl)(OS(=O)(=O)F)C=C1)c1ccccc1. The van der Waals surface area contributed by atoms with Crippen molar-refractivity contribution in [3.05, 3.63) is 59.7 Å². The summed E-state index contributed by atoms with van der Waals surface area (Å²) in [7, 11) is -5.22. The van der Waals surface area contributed by atoms with Crippen LogP contribution in [0.3, 0.4) is 0 Å². The fourth-order valence-corrected chi connectivity index (χ4v) is 2.98. The second kappa shape index (κ2) is 8.43. The van der Waals surface area contributed by atoms with Gasteiger partial charge in [-0.3, -0.25) is 0 Å². The predicted octanol–water partition coefficient (Wildman–Crippen LogP) is 3.19. The van der Waals surface area contributed by atoms with Gasteiger partial charge in [0, 0.05) is 12.0 Å². The maximum Gasteiger partial charge on any atom is 0.439 e. The van der Waals surface area contributed by atoms with Gasteiger partial charge in [-0.05, 0) is 18.6 Å². The molecule has 7 nitrogen and oxygen atoms in total. The highest BCUT2D eigenvalue weighted by molar-refractivity contribution is 7.81. The number of nitrogens with one attached hydrogen (secondary N) is 1. The maximum atomic E-state index is 12.7. The zero-order valence-electron chi connectivity index (χ0n) is 13.7. The van der Waals surface area contributed by atoms with E-state index in [1.165, 1.54) is 18.2 Å². The maximum absolute atomic E-state index is 12.7. The predicted molar refractivity (Wildman–Crippen MR) is 94.7 cm³/mol. The quantitative estimate of drug-likeness (QED) is 0.341. The van der Waals surface area contributed by atoms with Crippen molar-refractivity contribution in [3.8, 4) is 0 Å². The molecule has 0 fully saturated rings. The van der Waals surface area contributed by atoms with Crippen molar-refractivity contribution in [3.63, 3.8) is 0 Å². The third-order valence-electron chi connectivity index (χ3n) is 3.21. The lowest BCUT2D eigenvalue weighted by molar-refractivity contribution is 0.152. The number of rotatable bonds is 6. The molecule has 0 heterocycles. The lowest BCUT2D eigenvalue weighted by Crippen LogP contribution is -2.27. The number of allylic oxidation sites excluding steroid dienone is 2. The van der Waals surface area contributed by atoms with Gasteiger partial charge < -0.3 is 4.74 Å². The van der Waals surface area contributed by atoms with Gasteiger partial charge in [0.05, 0.1) is 12.3 Å². The van der Waals surface area contributed by atoms with Gasteiger partial charge in [-0.2, -0.15) is 13.5 Å². The minimum absolute atomic E-state index is 0.130. The van der Waals surface area contributed by atoms with Crippen molar-refractivity contribution in [1.29, 1.82) is 0 Å². The number of hydrazone groups is 1. The molecule has 1 unspecified atom stereocenters. The minimum Gasteiger partial charge on any atom is -0.449 e. The highest BCUT2D eigenvalue weighted by Crippen LogP contribution is 2.32. The average molecular weight is 403 g/mol. The summed E-state index contributed by atoms with van der Waals surface area (Å²) < 4.78 is 43.1. The first kappa shape index (κ1) is 20.1. The number of carbonyl (C=O) groups is 1. The molecule has 1 amide bonds. The summed E-state index contributed by atoms with van der Waals surface area (Å²) in [5.41, 5.74) is 3.87. The molecule has 1 N–H and O–H groups in total. The second-order valence-electron chi connectivity index (χ2n) is 5.12. The third kappa shape index (κ3) is 5.94. The van der Waals surface area contributed by atoms with Crippen molar-refractivity contribution < 1.29 is 26.0 Å². The Morgan fingerprint density at radius 2 is 2.08 bits per heavy atom. The summed E-state index contributed by atoms with van der Waals surface area (Å²) in [6, 6.07) is 8.92. The van der Waals surface area contributed by atoms with E-state index in [4.69, 9.17) is 16.3 Å². The fraction of sp³-hybridized carbons (Fsp3) is 0.250. The Morgan fingerprint density at radius 3 is 2.62 bits per heavy atom. The van der Waals surface area contributed by atoms with Crippen molar-refractivity contribution in [1.82, 2.24) is 5.43 Å². The number of alkyl halides is 1. The van der Waals surface area contributed by atoms with E-state index >= 15 is 0 Å². The molecule has 1 aliphatic carbocycles. The van der Waals surface area contributed by atoms with Crippen molar-refractivity contribution in [2.24, 2.45) is 5.10 Å². The van der Waals surface area contributed by atoms with Crippen LogP contribution in [0.2, 0.25) is 0 Å². The normalized spacial score (nSPS) is 20.4. The smallest absolute Gasteiger partial charge is 0.439 e. The molecule has 0 aromatic heterocycles. The first-order valence-corrected chi connectivity index (χ1v) is 9.21. The molecule has 1 aliphatic rings. The Balaban J connectivity index is 2.27. The Morgan fingerprint density at radius 1 is 1.38 bits per heavy atom. The van der Waals surface area contributed by atoms with Gasteiger partial charge in [0.1, 0.15) is 0 Å². The van der Waals surface area contributed by atoms with Crippen LogP contribution in [0, 0.1) is 0 Å². The minimum atomic E-state index is -5.22. The van der Waals surface area contributed by atoms with E-state index in [-0.39, 0.29) is 13.0 Å². The number of halogens is 2. The van der Waals surface area contributed by atoms with E-state index in [0.29, 0.717) is 16.8 Å². The fourth-order valence-electron chi connectivity index (χ4n) is 2.16. The van der Waals surface area contributed by atoms with Crippen molar-refractivity contribution in [2.45, 2.75) is 18.4 Å². The number of nitrogens with zero attached hydrogens (tertiary/aromatic N) is 1. The average Bonchev–Trinajstić information content (AvgIpc) is 2.56. The van der Waals surface area contributed by atoms with Crippen LogP contribution >= 0.6 is 11.6 Å². The molecule has 0 aliphatic heterocycles. The van der Waals surface area contributed by atoms with Gasteiger partial charge in [-0.15, -0.1) is 0 Å². The van der Waals surface area contributed by atoms with Gasteiger partial charge in [0.2, 0.25) is 0 Å². The third-order valence-corrected chi connectivity index (χ3v) is 4.15. The van der Waals surface area contributed by atoms with Crippen LogP contribution in [0.15, 0.2) is 59.2 Å². The summed E-state index contributed by atoms with van der Waals surface area (Å²) in [6.07, 6.45) is 3.30. The molecule has 10 heteroatoms. The molecular weight excluding hydrogens is 387 g/mol. The second-order valence-corrected chi connectivity index (χ2v) is 6.71. The van der Waals surface area contributed by atoms with Crippen LogP contribution in [0.5, 0.6) is 0 Å². The number of benzene rings is 1. The van der Waals surface area contributed by atoms with E-state index in [2.05, 4.69) is 14.7 Å². The Bertz CT molecular complexity index is 855. The van der Waals surface area contributed by atoms with Gasteiger partial charge in [-0.25, -0.2) is 14.4 Å². The number of hydrogen-bond acceptors (Lipinski definition) is 6. The molecule has 1 atom stereocenters. The monoisotopic (exact) mass is 402 g/mol. The van der Waals surface area contributed by atoms with E-state index in [1.807, 2.05) is 6.07 Å². The summed E-state index contributed by atoms with van der Waals surface area (Å²) in [6.45, 7) is 1.85. The lowest BCUT2D eigenvalue weighted by Gasteiger charge is -2.23. The van der Waals surface area contributed by atoms with Crippen LogP contribution < -0.4 is 5.43 Å². The number of hydrogen-bond donors (Lipinski definition) is 1. The molecule has 0 spiro atoms. The first-order chi connectivity index (χ1) is 12.2. The van der Waals surface area contributed by atoms with E-state index < -0.39 is 21.7 Å². The molecule has 0 saturated heterocycles. The summed E-state index contributed by atoms with van der Waals surface area (Å²) in [5, 5.41) is 2.20. The summed E-state index contributed by atoms with van der Waals surface area (Å²) in [4.78, 5) is 11.5. The number of ether oxygens (including phenoxy) is 1. The standard InChI is InChI=1S/C16H16ClFN2O5S/c1-2-24-15(21)20-19-14(12-6-4-3-5-7-12)13-8-10-16(17,11-9-13)25-26(18,22)23/h3-10H,2,11H2,1H3,(H,20,21). The molecule has 26 heavy (non-hydrogen) atoms. The molecule has 1 aromatic rings. The van der Waals surface area contributed by atoms with E-state index in [9.17, 15) is 17.1 Å². The Kier molecular flexibility index (Phi) is 6.52. The van der Waals surface area contributed by atoms with E-state index in [1.54, 1.807) is 31.2 Å². The van der Waals surface area contributed by atoms with Gasteiger partial charge >= 0.3 is 16.6 Å². The highest BCUT2D eigenvalue weighted by Gasteiger charge is 2.33. The highest BCUT2D eigenvalue weighted by atomic mass is 35.5. The Hall–Kier alpha value is -2.23. The summed E-state index contributed by atoms with van der Waals surface area (Å²) >= 11 is 5.94. The van der Waals surface area contributed by atoms with E-state index in [0.717, 1.165) is 0 Å². The topological polar surface area (TPSA) is 94.1 Å². The molecule has 2 rings (SSSR count). The van der Waals surface area contributed by atoms with Gasteiger partial charge in [0.15, 0.2) is 5.06 Å². The lowest BCUT2D eigenvalue weighted by atomic mass is 9.96. The molecule has 0 radical (unpaired) electrons.